The number of aromatic amines is 1. The first kappa shape index (κ1) is 13.1. The second kappa shape index (κ2) is 6.06. The molecule has 3 rings (SSSR count). The van der Waals surface area contributed by atoms with Crippen LogP contribution in [0.5, 0.6) is 0 Å². The van der Waals surface area contributed by atoms with Crippen molar-refractivity contribution in [2.24, 2.45) is 5.92 Å². The van der Waals surface area contributed by atoms with E-state index in [0.29, 0.717) is 6.04 Å². The van der Waals surface area contributed by atoms with Crippen molar-refractivity contribution in [2.75, 3.05) is 26.3 Å². The predicted molar refractivity (Wildman–Crippen MR) is 75.0 cm³/mol. The first-order chi connectivity index (χ1) is 9.34. The van der Waals surface area contributed by atoms with Crippen molar-refractivity contribution in [1.82, 2.24) is 15.1 Å². The molecule has 106 valence electrons. The van der Waals surface area contributed by atoms with Crippen molar-refractivity contribution in [1.29, 1.82) is 0 Å². The largest absolute Gasteiger partial charge is 0.381 e. The summed E-state index contributed by atoms with van der Waals surface area (Å²) in [6.45, 7) is 6.53. The van der Waals surface area contributed by atoms with Gasteiger partial charge in [0.25, 0.3) is 0 Å². The molecule has 0 bridgehead atoms. The van der Waals surface area contributed by atoms with E-state index in [2.05, 4.69) is 22.0 Å². The first-order valence-electron chi connectivity index (χ1n) is 7.66. The minimum Gasteiger partial charge on any atom is -0.381 e. The molecule has 0 saturated carbocycles. The average Bonchev–Trinajstić information content (AvgIpc) is 2.87. The van der Waals surface area contributed by atoms with Crippen molar-refractivity contribution >= 4 is 0 Å². The minimum atomic E-state index is 0.555. The third-order valence-corrected chi connectivity index (χ3v) is 4.65. The van der Waals surface area contributed by atoms with Crippen LogP contribution in [0.15, 0.2) is 6.20 Å². The molecule has 4 heteroatoms. The molecular formula is C15H25N3O. The summed E-state index contributed by atoms with van der Waals surface area (Å²) in [5.74, 6) is 0.817. The van der Waals surface area contributed by atoms with Crippen LogP contribution in [0.2, 0.25) is 0 Å². The number of nitrogens with zero attached hydrogens (tertiary/aromatic N) is 2. The van der Waals surface area contributed by atoms with Gasteiger partial charge in [-0.2, -0.15) is 5.10 Å². The van der Waals surface area contributed by atoms with Crippen LogP contribution in [0.3, 0.4) is 0 Å². The second-order valence-electron chi connectivity index (χ2n) is 6.03. The summed E-state index contributed by atoms with van der Waals surface area (Å²) in [5.41, 5.74) is 2.65. The Balaban J connectivity index is 1.68. The molecule has 1 aromatic heterocycles. The zero-order valence-corrected chi connectivity index (χ0v) is 11.9. The lowest BCUT2D eigenvalue weighted by Crippen LogP contribution is -2.38. The molecular weight excluding hydrogens is 238 g/mol. The molecule has 2 saturated heterocycles. The van der Waals surface area contributed by atoms with Gasteiger partial charge in [-0.05, 0) is 50.6 Å². The van der Waals surface area contributed by atoms with Crippen molar-refractivity contribution in [3.63, 3.8) is 0 Å². The number of likely N-dealkylation sites (tertiary alicyclic amines) is 1. The van der Waals surface area contributed by atoms with E-state index in [1.54, 1.807) is 0 Å². The monoisotopic (exact) mass is 263 g/mol. The fourth-order valence-corrected chi connectivity index (χ4v) is 3.49. The predicted octanol–water partition coefficient (Wildman–Crippen LogP) is 2.67. The van der Waals surface area contributed by atoms with Crippen molar-refractivity contribution < 1.29 is 4.74 Å². The van der Waals surface area contributed by atoms with Gasteiger partial charge in [-0.3, -0.25) is 10.00 Å². The Morgan fingerprint density at radius 1 is 1.32 bits per heavy atom. The number of rotatable bonds is 3. The maximum absolute atomic E-state index is 5.47. The van der Waals surface area contributed by atoms with Gasteiger partial charge in [0.15, 0.2) is 0 Å². The van der Waals surface area contributed by atoms with Gasteiger partial charge in [0.05, 0.1) is 17.9 Å². The summed E-state index contributed by atoms with van der Waals surface area (Å²) >= 11 is 0. The van der Waals surface area contributed by atoms with E-state index < -0.39 is 0 Å². The smallest absolute Gasteiger partial charge is 0.0552 e. The lowest BCUT2D eigenvalue weighted by molar-refractivity contribution is 0.0376. The van der Waals surface area contributed by atoms with Gasteiger partial charge in [-0.25, -0.2) is 0 Å². The molecule has 4 nitrogen and oxygen atoms in total. The van der Waals surface area contributed by atoms with Crippen molar-refractivity contribution in [3.05, 3.63) is 17.5 Å². The maximum atomic E-state index is 5.47. The SMILES string of the molecule is Cc1cn[nH]c1[C@H]1CCCCN1CC1CCOCC1. The van der Waals surface area contributed by atoms with Gasteiger partial charge < -0.3 is 4.74 Å². The molecule has 0 spiro atoms. The highest BCUT2D eigenvalue weighted by Crippen LogP contribution is 2.32. The number of H-pyrrole nitrogens is 1. The number of hydrogen-bond acceptors (Lipinski definition) is 3. The van der Waals surface area contributed by atoms with Gasteiger partial charge >= 0.3 is 0 Å². The molecule has 0 radical (unpaired) electrons. The van der Waals surface area contributed by atoms with Crippen LogP contribution in [-0.2, 0) is 4.74 Å². The van der Waals surface area contributed by atoms with E-state index in [-0.39, 0.29) is 0 Å². The average molecular weight is 263 g/mol. The van der Waals surface area contributed by atoms with Gasteiger partial charge in [-0.1, -0.05) is 6.42 Å². The fraction of sp³-hybridized carbons (Fsp3) is 0.800. The lowest BCUT2D eigenvalue weighted by Gasteiger charge is -2.38. The lowest BCUT2D eigenvalue weighted by atomic mass is 9.93. The Labute approximate surface area is 115 Å². The standard InChI is InChI=1S/C15H25N3O/c1-12-10-16-17-15(12)14-4-2-3-7-18(14)11-13-5-8-19-9-6-13/h10,13-14H,2-9,11H2,1H3,(H,16,17)/t14-/m1/s1. The van der Waals surface area contributed by atoms with E-state index in [1.165, 1.54) is 56.5 Å². The summed E-state index contributed by atoms with van der Waals surface area (Å²) in [6.07, 6.45) is 8.36. The fourth-order valence-electron chi connectivity index (χ4n) is 3.49. The summed E-state index contributed by atoms with van der Waals surface area (Å²) in [7, 11) is 0. The molecule has 1 atom stereocenters. The van der Waals surface area contributed by atoms with Crippen LogP contribution < -0.4 is 0 Å². The normalized spacial score (nSPS) is 26.7. The van der Waals surface area contributed by atoms with Crippen LogP contribution in [0.25, 0.3) is 0 Å². The molecule has 0 unspecified atom stereocenters. The van der Waals surface area contributed by atoms with Gasteiger partial charge in [0, 0.05) is 19.8 Å². The number of hydrogen-bond donors (Lipinski definition) is 1. The molecule has 1 aromatic rings. The highest BCUT2D eigenvalue weighted by Gasteiger charge is 2.28. The number of nitrogens with one attached hydrogen (secondary N) is 1. The quantitative estimate of drug-likeness (QED) is 0.911. The number of piperidine rings is 1. The van der Waals surface area contributed by atoms with Gasteiger partial charge in [0.2, 0.25) is 0 Å². The minimum absolute atomic E-state index is 0.555. The Morgan fingerprint density at radius 3 is 2.89 bits per heavy atom. The maximum Gasteiger partial charge on any atom is 0.0552 e. The molecule has 0 aromatic carbocycles. The van der Waals surface area contributed by atoms with E-state index in [0.717, 1.165) is 19.1 Å². The van der Waals surface area contributed by atoms with Gasteiger partial charge in [-0.15, -0.1) is 0 Å². The Morgan fingerprint density at radius 2 is 2.16 bits per heavy atom. The summed E-state index contributed by atoms with van der Waals surface area (Å²) in [6, 6.07) is 0.555. The highest BCUT2D eigenvalue weighted by atomic mass is 16.5. The van der Waals surface area contributed by atoms with Gasteiger partial charge in [0.1, 0.15) is 0 Å². The van der Waals surface area contributed by atoms with E-state index in [1.807, 2.05) is 6.20 Å². The third-order valence-electron chi connectivity index (χ3n) is 4.65. The highest BCUT2D eigenvalue weighted by molar-refractivity contribution is 5.18. The molecule has 0 aliphatic carbocycles. The first-order valence-corrected chi connectivity index (χ1v) is 7.66. The topological polar surface area (TPSA) is 41.2 Å². The Bertz CT molecular complexity index is 398. The number of aromatic nitrogens is 2. The summed E-state index contributed by atoms with van der Waals surface area (Å²) in [4.78, 5) is 2.68. The molecule has 1 N–H and O–H groups in total. The molecule has 2 aliphatic rings. The number of ether oxygens (including phenoxy) is 1. The van der Waals surface area contributed by atoms with Crippen LogP contribution in [0.4, 0.5) is 0 Å². The molecule has 2 aliphatic heterocycles. The molecule has 3 heterocycles. The van der Waals surface area contributed by atoms with Crippen LogP contribution in [0.1, 0.15) is 49.4 Å². The Kier molecular flexibility index (Phi) is 4.18. The molecule has 2 fully saturated rings. The zero-order valence-electron chi connectivity index (χ0n) is 11.9. The van der Waals surface area contributed by atoms with Crippen LogP contribution in [-0.4, -0.2) is 41.4 Å². The van der Waals surface area contributed by atoms with E-state index in [9.17, 15) is 0 Å². The van der Waals surface area contributed by atoms with Crippen molar-refractivity contribution in [2.45, 2.75) is 45.1 Å². The van der Waals surface area contributed by atoms with Crippen LogP contribution >= 0.6 is 0 Å². The zero-order chi connectivity index (χ0) is 13.1. The van der Waals surface area contributed by atoms with E-state index >= 15 is 0 Å². The third kappa shape index (κ3) is 3.00. The number of aryl methyl sites for hydroxylation is 1. The second-order valence-corrected chi connectivity index (χ2v) is 6.03. The molecule has 19 heavy (non-hydrogen) atoms. The molecule has 0 amide bonds. The summed E-state index contributed by atoms with van der Waals surface area (Å²) < 4.78 is 5.47. The van der Waals surface area contributed by atoms with Crippen molar-refractivity contribution in [3.8, 4) is 0 Å². The Hall–Kier alpha value is -0.870. The van der Waals surface area contributed by atoms with Crippen LogP contribution in [0, 0.1) is 12.8 Å². The summed E-state index contributed by atoms with van der Waals surface area (Å²) in [5, 5.41) is 7.43. The van der Waals surface area contributed by atoms with E-state index in [4.69, 9.17) is 4.74 Å².